The zero-order valence-electron chi connectivity index (χ0n) is 18.0. The Bertz CT molecular complexity index is 1180. The van der Waals surface area contributed by atoms with E-state index in [2.05, 4.69) is 54.8 Å². The summed E-state index contributed by atoms with van der Waals surface area (Å²) in [6, 6.07) is 25.9. The SMILES string of the molecule is CC[NH+](CC)Cc1c(-c2ccccc2)c2cc([N+](=O)[O-])ccc2n1Cc1ccccc1. The van der Waals surface area contributed by atoms with Gasteiger partial charge in [0.05, 0.1) is 23.7 Å². The molecule has 5 heteroatoms. The number of nitro benzene ring substituents is 1. The van der Waals surface area contributed by atoms with Crippen molar-refractivity contribution in [2.75, 3.05) is 13.1 Å². The lowest BCUT2D eigenvalue weighted by atomic mass is 10.0. The second kappa shape index (κ2) is 9.14. The molecule has 1 aromatic heterocycles. The first-order valence-electron chi connectivity index (χ1n) is 10.8. The molecule has 0 amide bonds. The van der Waals surface area contributed by atoms with Gasteiger partial charge in [0, 0.05) is 35.1 Å². The van der Waals surface area contributed by atoms with E-state index in [-0.39, 0.29) is 10.6 Å². The summed E-state index contributed by atoms with van der Waals surface area (Å²) in [5.41, 5.74) is 5.81. The molecule has 0 aliphatic rings. The standard InChI is InChI=1S/C26H27N3O2/c1-3-27(4-2)19-25-26(21-13-9-6-10-14-21)23-17-22(29(30)31)15-16-24(23)28(25)18-20-11-7-5-8-12-20/h5-17H,3-4,18-19H2,1-2H3/p+1. The predicted octanol–water partition coefficient (Wildman–Crippen LogP) is 4.69. The van der Waals surface area contributed by atoms with E-state index in [0.29, 0.717) is 0 Å². The van der Waals surface area contributed by atoms with Crippen LogP contribution in [0.2, 0.25) is 0 Å². The Balaban J connectivity index is 2.01. The van der Waals surface area contributed by atoms with Crippen LogP contribution in [0.15, 0.2) is 78.9 Å². The van der Waals surface area contributed by atoms with Crippen LogP contribution in [0.5, 0.6) is 0 Å². The molecule has 1 N–H and O–H groups in total. The second-order valence-electron chi connectivity index (χ2n) is 7.85. The first-order valence-corrected chi connectivity index (χ1v) is 10.8. The van der Waals surface area contributed by atoms with Gasteiger partial charge >= 0.3 is 0 Å². The molecule has 158 valence electrons. The summed E-state index contributed by atoms with van der Waals surface area (Å²) in [5, 5.41) is 12.5. The number of rotatable bonds is 8. The highest BCUT2D eigenvalue weighted by Crippen LogP contribution is 2.37. The Morgan fingerprint density at radius 3 is 2.16 bits per heavy atom. The van der Waals surface area contributed by atoms with Crippen molar-refractivity contribution in [3.8, 4) is 11.1 Å². The third-order valence-corrected chi connectivity index (χ3v) is 6.03. The molecule has 4 aromatic rings. The van der Waals surface area contributed by atoms with E-state index in [1.807, 2.05) is 30.3 Å². The van der Waals surface area contributed by atoms with Gasteiger partial charge in [0.15, 0.2) is 0 Å². The first kappa shape index (κ1) is 20.8. The Morgan fingerprint density at radius 1 is 0.903 bits per heavy atom. The molecular weight excluding hydrogens is 386 g/mol. The van der Waals surface area contributed by atoms with Crippen molar-refractivity contribution in [1.82, 2.24) is 4.57 Å². The molecule has 4 rings (SSSR count). The molecule has 0 bridgehead atoms. The van der Waals surface area contributed by atoms with Crippen molar-refractivity contribution in [2.24, 2.45) is 0 Å². The zero-order valence-corrected chi connectivity index (χ0v) is 18.0. The summed E-state index contributed by atoms with van der Waals surface area (Å²) in [4.78, 5) is 12.7. The van der Waals surface area contributed by atoms with Gasteiger partial charge in [-0.2, -0.15) is 0 Å². The number of aromatic nitrogens is 1. The Kier molecular flexibility index (Phi) is 6.14. The van der Waals surface area contributed by atoms with Crippen LogP contribution in [0.25, 0.3) is 22.0 Å². The number of nitrogens with zero attached hydrogens (tertiary/aromatic N) is 2. The van der Waals surface area contributed by atoms with Crippen LogP contribution < -0.4 is 4.90 Å². The molecule has 1 heterocycles. The molecule has 3 aromatic carbocycles. The molecular formula is C26H28N3O2+. The van der Waals surface area contributed by atoms with Crippen molar-refractivity contribution in [3.63, 3.8) is 0 Å². The van der Waals surface area contributed by atoms with Gasteiger partial charge in [-0.1, -0.05) is 60.7 Å². The molecule has 5 nitrogen and oxygen atoms in total. The van der Waals surface area contributed by atoms with Crippen molar-refractivity contribution >= 4 is 16.6 Å². The highest BCUT2D eigenvalue weighted by Gasteiger charge is 2.23. The Hall–Kier alpha value is -3.44. The maximum Gasteiger partial charge on any atom is 0.270 e. The van der Waals surface area contributed by atoms with E-state index in [9.17, 15) is 10.1 Å². The van der Waals surface area contributed by atoms with Gasteiger partial charge in [-0.15, -0.1) is 0 Å². The molecule has 0 atom stereocenters. The van der Waals surface area contributed by atoms with Crippen molar-refractivity contribution in [3.05, 3.63) is 100 Å². The van der Waals surface area contributed by atoms with Crippen LogP contribution in [-0.2, 0) is 13.1 Å². The van der Waals surface area contributed by atoms with Crippen molar-refractivity contribution in [1.29, 1.82) is 0 Å². The number of hydrogen-bond donors (Lipinski definition) is 1. The molecule has 0 saturated heterocycles. The molecule has 0 saturated carbocycles. The fraction of sp³-hybridized carbons (Fsp3) is 0.231. The van der Waals surface area contributed by atoms with Crippen molar-refractivity contribution in [2.45, 2.75) is 26.9 Å². The van der Waals surface area contributed by atoms with Crippen LogP contribution in [0.3, 0.4) is 0 Å². The maximum absolute atomic E-state index is 11.5. The summed E-state index contributed by atoms with van der Waals surface area (Å²) in [5.74, 6) is 0. The van der Waals surface area contributed by atoms with Crippen molar-refractivity contribution < 1.29 is 9.82 Å². The average molecular weight is 415 g/mol. The number of fused-ring (bicyclic) bond motifs is 1. The quantitative estimate of drug-likeness (QED) is 0.336. The predicted molar refractivity (Wildman–Crippen MR) is 125 cm³/mol. The van der Waals surface area contributed by atoms with Crippen LogP contribution in [0.4, 0.5) is 5.69 Å². The maximum atomic E-state index is 11.5. The van der Waals surface area contributed by atoms with Gasteiger partial charge in [0.25, 0.3) is 5.69 Å². The summed E-state index contributed by atoms with van der Waals surface area (Å²) in [6.45, 7) is 8.06. The van der Waals surface area contributed by atoms with E-state index in [4.69, 9.17) is 0 Å². The summed E-state index contributed by atoms with van der Waals surface area (Å²) in [7, 11) is 0. The first-order chi connectivity index (χ1) is 15.1. The molecule has 31 heavy (non-hydrogen) atoms. The van der Waals surface area contributed by atoms with Gasteiger partial charge in [0.1, 0.15) is 6.54 Å². The number of hydrogen-bond acceptors (Lipinski definition) is 2. The minimum Gasteiger partial charge on any atom is -0.335 e. The van der Waals surface area contributed by atoms with E-state index < -0.39 is 0 Å². The smallest absolute Gasteiger partial charge is 0.270 e. The third-order valence-electron chi connectivity index (χ3n) is 6.03. The lowest BCUT2D eigenvalue weighted by Gasteiger charge is -2.19. The molecule has 0 unspecified atom stereocenters. The van der Waals surface area contributed by atoms with Crippen LogP contribution in [0.1, 0.15) is 25.1 Å². The zero-order chi connectivity index (χ0) is 21.8. The summed E-state index contributed by atoms with van der Waals surface area (Å²) < 4.78 is 2.35. The minimum absolute atomic E-state index is 0.128. The second-order valence-corrected chi connectivity index (χ2v) is 7.85. The number of nitrogens with one attached hydrogen (secondary N) is 1. The van der Waals surface area contributed by atoms with Crippen LogP contribution in [-0.4, -0.2) is 22.6 Å². The molecule has 0 radical (unpaired) electrons. The molecule has 0 fully saturated rings. The fourth-order valence-electron chi connectivity index (χ4n) is 4.30. The number of benzene rings is 3. The number of quaternary nitrogens is 1. The summed E-state index contributed by atoms with van der Waals surface area (Å²) >= 11 is 0. The third kappa shape index (κ3) is 4.23. The Morgan fingerprint density at radius 2 is 1.55 bits per heavy atom. The largest absolute Gasteiger partial charge is 0.335 e. The van der Waals surface area contributed by atoms with Gasteiger partial charge in [-0.3, -0.25) is 10.1 Å². The minimum atomic E-state index is -0.307. The van der Waals surface area contributed by atoms with E-state index >= 15 is 0 Å². The van der Waals surface area contributed by atoms with Gasteiger partial charge in [-0.05, 0) is 31.0 Å². The molecule has 0 aliphatic carbocycles. The monoisotopic (exact) mass is 414 g/mol. The van der Waals surface area contributed by atoms with Gasteiger partial charge in [-0.25, -0.2) is 0 Å². The lowest BCUT2D eigenvalue weighted by Crippen LogP contribution is -3.10. The van der Waals surface area contributed by atoms with Crippen LogP contribution >= 0.6 is 0 Å². The fourth-order valence-corrected chi connectivity index (χ4v) is 4.30. The average Bonchev–Trinajstić information content (AvgIpc) is 3.10. The Labute approximate surface area is 182 Å². The number of non-ortho nitro benzene ring substituents is 1. The van der Waals surface area contributed by atoms with Gasteiger partial charge in [0.2, 0.25) is 0 Å². The van der Waals surface area contributed by atoms with Gasteiger partial charge < -0.3 is 9.47 Å². The normalized spacial score (nSPS) is 11.3. The highest BCUT2D eigenvalue weighted by molar-refractivity contribution is 5.99. The topological polar surface area (TPSA) is 52.5 Å². The molecule has 0 spiro atoms. The molecule has 0 aliphatic heterocycles. The highest BCUT2D eigenvalue weighted by atomic mass is 16.6. The van der Waals surface area contributed by atoms with E-state index in [0.717, 1.165) is 48.2 Å². The number of nitro groups is 1. The van der Waals surface area contributed by atoms with Crippen LogP contribution in [0, 0.1) is 10.1 Å². The van der Waals surface area contributed by atoms with E-state index in [1.165, 1.54) is 16.2 Å². The van der Waals surface area contributed by atoms with E-state index in [1.54, 1.807) is 12.1 Å². The lowest BCUT2D eigenvalue weighted by molar-refractivity contribution is -0.910. The summed E-state index contributed by atoms with van der Waals surface area (Å²) in [6.07, 6.45) is 0.